The van der Waals surface area contributed by atoms with Crippen molar-refractivity contribution in [1.29, 1.82) is 0 Å². The number of halogens is 2. The number of ether oxygens (including phenoxy) is 1. The molecule has 1 aliphatic carbocycles. The lowest BCUT2D eigenvalue weighted by Crippen LogP contribution is -2.37. The first-order chi connectivity index (χ1) is 20.5. The molecule has 0 radical (unpaired) electrons. The second-order valence-corrected chi connectivity index (χ2v) is 12.5. The molecule has 3 aromatic carbocycles. The van der Waals surface area contributed by atoms with E-state index in [0.717, 1.165) is 54.7 Å². The second-order valence-electron chi connectivity index (χ2n) is 12.1. The quantitative estimate of drug-likeness (QED) is 0.218. The molecule has 2 bridgehead atoms. The minimum atomic E-state index is -0.497. The zero-order valence-electron chi connectivity index (χ0n) is 23.5. The van der Waals surface area contributed by atoms with Gasteiger partial charge in [0.2, 0.25) is 0 Å². The number of hydrogen-bond donors (Lipinski definition) is 0. The Morgan fingerprint density at radius 1 is 0.976 bits per heavy atom. The van der Waals surface area contributed by atoms with Gasteiger partial charge in [0, 0.05) is 53.9 Å². The summed E-state index contributed by atoms with van der Waals surface area (Å²) in [5.74, 6) is 2.18. The van der Waals surface area contributed by atoms with Crippen LogP contribution in [0.3, 0.4) is 0 Å². The molecule has 212 valence electrons. The second kappa shape index (κ2) is 10.2. The van der Waals surface area contributed by atoms with Crippen molar-refractivity contribution in [2.75, 3.05) is 31.6 Å². The van der Waals surface area contributed by atoms with Crippen LogP contribution in [0.25, 0.3) is 32.9 Å². The Kier molecular flexibility index (Phi) is 6.27. The van der Waals surface area contributed by atoms with Gasteiger partial charge in [-0.3, -0.25) is 4.98 Å². The first-order valence-electron chi connectivity index (χ1n) is 14.8. The standard InChI is InChI=1S/C34H31ClFN5O/c1-40-14-13-22-5-4-10-28(26(22)19-40)42-34-38-32-25(33(39-34)41-17-20-11-12-21(15-20)18-41)16-37-31(30(32)36)24-8-2-6-23-7-3-9-27(35)29(23)24/h2-10,16,20-21H,11-15,17-19H2,1H3. The summed E-state index contributed by atoms with van der Waals surface area (Å²) in [4.78, 5) is 18.9. The van der Waals surface area contributed by atoms with Crippen molar-refractivity contribution < 1.29 is 9.13 Å². The molecule has 0 spiro atoms. The number of fused-ring (bicyclic) bond motifs is 5. The molecule has 2 aliphatic heterocycles. The number of pyridine rings is 1. The minimum Gasteiger partial charge on any atom is -0.424 e. The van der Waals surface area contributed by atoms with Gasteiger partial charge in [-0.25, -0.2) is 4.39 Å². The largest absolute Gasteiger partial charge is 0.424 e. The van der Waals surface area contributed by atoms with Crippen molar-refractivity contribution in [2.24, 2.45) is 11.8 Å². The zero-order valence-corrected chi connectivity index (χ0v) is 24.2. The summed E-state index contributed by atoms with van der Waals surface area (Å²) in [6, 6.07) is 17.7. The molecule has 42 heavy (non-hydrogen) atoms. The Morgan fingerprint density at radius 3 is 2.60 bits per heavy atom. The SMILES string of the molecule is CN1CCc2cccc(Oc3nc(N4CC5CCC(C5)C4)c4cnc(-c5cccc6cccc(Cl)c56)c(F)c4n3)c2C1. The summed E-state index contributed by atoms with van der Waals surface area (Å²) in [5.41, 5.74) is 3.47. The number of likely N-dealkylation sites (N-methyl/N-ethyl adjacent to an activating group) is 1. The Balaban J connectivity index is 1.30. The van der Waals surface area contributed by atoms with Crippen LogP contribution in [0.5, 0.6) is 11.8 Å². The van der Waals surface area contributed by atoms with E-state index in [2.05, 4.69) is 27.9 Å². The summed E-state index contributed by atoms with van der Waals surface area (Å²) in [7, 11) is 2.11. The third-order valence-corrected chi connectivity index (χ3v) is 9.60. The van der Waals surface area contributed by atoms with E-state index in [1.165, 1.54) is 24.8 Å². The Bertz CT molecular complexity index is 1840. The molecule has 2 aromatic heterocycles. The number of benzene rings is 3. The molecule has 1 saturated heterocycles. The minimum absolute atomic E-state index is 0.157. The van der Waals surface area contributed by atoms with Crippen molar-refractivity contribution >= 4 is 39.1 Å². The predicted octanol–water partition coefficient (Wildman–Crippen LogP) is 7.65. The van der Waals surface area contributed by atoms with Crippen molar-refractivity contribution in [3.05, 3.63) is 82.8 Å². The molecule has 6 nitrogen and oxygen atoms in total. The summed E-state index contributed by atoms with van der Waals surface area (Å²) < 4.78 is 23.1. The molecule has 0 amide bonds. The predicted molar refractivity (Wildman–Crippen MR) is 165 cm³/mol. The van der Waals surface area contributed by atoms with Gasteiger partial charge < -0.3 is 14.5 Å². The lowest BCUT2D eigenvalue weighted by Gasteiger charge is -2.33. The molecule has 2 unspecified atom stereocenters. The van der Waals surface area contributed by atoms with Gasteiger partial charge in [-0.05, 0) is 67.6 Å². The molecule has 2 atom stereocenters. The molecule has 8 rings (SSSR count). The molecule has 0 N–H and O–H groups in total. The van der Waals surface area contributed by atoms with E-state index in [-0.39, 0.29) is 17.2 Å². The van der Waals surface area contributed by atoms with E-state index in [4.69, 9.17) is 26.3 Å². The van der Waals surface area contributed by atoms with Crippen LogP contribution in [0.1, 0.15) is 30.4 Å². The molecular weight excluding hydrogens is 549 g/mol. The van der Waals surface area contributed by atoms with Crippen molar-refractivity contribution in [3.63, 3.8) is 0 Å². The molecule has 3 aliphatic rings. The first-order valence-corrected chi connectivity index (χ1v) is 15.2. The van der Waals surface area contributed by atoms with E-state index in [0.29, 0.717) is 33.6 Å². The van der Waals surface area contributed by atoms with Gasteiger partial charge in [0.05, 0.1) is 5.39 Å². The fourth-order valence-electron chi connectivity index (χ4n) is 7.25. The third kappa shape index (κ3) is 4.38. The van der Waals surface area contributed by atoms with Crippen LogP contribution in [0.2, 0.25) is 5.02 Å². The molecular formula is C34H31ClFN5O. The smallest absolute Gasteiger partial charge is 0.324 e. The van der Waals surface area contributed by atoms with Crippen LogP contribution in [-0.4, -0.2) is 46.5 Å². The maximum atomic E-state index is 16.7. The highest BCUT2D eigenvalue weighted by Crippen LogP contribution is 2.42. The van der Waals surface area contributed by atoms with E-state index in [1.807, 2.05) is 48.5 Å². The van der Waals surface area contributed by atoms with Gasteiger partial charge in [0.25, 0.3) is 0 Å². The van der Waals surface area contributed by atoms with Gasteiger partial charge in [0.1, 0.15) is 22.8 Å². The molecule has 4 heterocycles. The van der Waals surface area contributed by atoms with E-state index < -0.39 is 5.82 Å². The maximum Gasteiger partial charge on any atom is 0.324 e. The lowest BCUT2D eigenvalue weighted by molar-refractivity contribution is 0.304. The Morgan fingerprint density at radius 2 is 1.76 bits per heavy atom. The van der Waals surface area contributed by atoms with Gasteiger partial charge in [-0.1, -0.05) is 54.1 Å². The van der Waals surface area contributed by atoms with Gasteiger partial charge >= 0.3 is 6.01 Å². The Hall–Kier alpha value is -3.81. The van der Waals surface area contributed by atoms with Gasteiger partial charge in [-0.2, -0.15) is 9.97 Å². The summed E-state index contributed by atoms with van der Waals surface area (Å²) in [6.07, 6.45) is 6.40. The number of piperidine rings is 1. The topological polar surface area (TPSA) is 54.4 Å². The third-order valence-electron chi connectivity index (χ3n) is 9.28. The first kappa shape index (κ1) is 25.9. The molecule has 5 aromatic rings. The Labute approximate surface area is 249 Å². The number of anilines is 1. The highest BCUT2D eigenvalue weighted by molar-refractivity contribution is 6.36. The number of rotatable bonds is 4. The fraction of sp³-hybridized carbons (Fsp3) is 0.324. The number of aromatic nitrogens is 3. The van der Waals surface area contributed by atoms with E-state index >= 15 is 4.39 Å². The summed E-state index contributed by atoms with van der Waals surface area (Å²) in [6.45, 7) is 3.58. The molecule has 1 saturated carbocycles. The zero-order chi connectivity index (χ0) is 28.4. The average Bonchev–Trinajstić information content (AvgIpc) is 3.34. The van der Waals surface area contributed by atoms with Crippen molar-refractivity contribution in [1.82, 2.24) is 19.9 Å². The van der Waals surface area contributed by atoms with Crippen LogP contribution in [0.4, 0.5) is 10.2 Å². The van der Waals surface area contributed by atoms with Crippen LogP contribution < -0.4 is 9.64 Å². The van der Waals surface area contributed by atoms with Gasteiger partial charge in [-0.15, -0.1) is 0 Å². The van der Waals surface area contributed by atoms with Crippen molar-refractivity contribution in [2.45, 2.75) is 32.2 Å². The van der Waals surface area contributed by atoms with Crippen LogP contribution in [-0.2, 0) is 13.0 Å². The summed E-state index contributed by atoms with van der Waals surface area (Å²) >= 11 is 6.62. The monoisotopic (exact) mass is 579 g/mol. The fourth-order valence-corrected chi connectivity index (χ4v) is 7.53. The molecule has 2 fully saturated rings. The van der Waals surface area contributed by atoms with Crippen LogP contribution in [0.15, 0.2) is 60.8 Å². The van der Waals surface area contributed by atoms with Crippen LogP contribution >= 0.6 is 11.6 Å². The number of nitrogens with zero attached hydrogens (tertiary/aromatic N) is 5. The highest BCUT2D eigenvalue weighted by atomic mass is 35.5. The van der Waals surface area contributed by atoms with E-state index in [9.17, 15) is 0 Å². The van der Waals surface area contributed by atoms with Crippen molar-refractivity contribution in [3.8, 4) is 23.0 Å². The summed E-state index contributed by atoms with van der Waals surface area (Å²) in [5, 5.41) is 2.85. The average molecular weight is 580 g/mol. The number of hydrogen-bond acceptors (Lipinski definition) is 6. The van der Waals surface area contributed by atoms with Gasteiger partial charge in [0.15, 0.2) is 5.82 Å². The maximum absolute atomic E-state index is 16.7. The normalized spacial score (nSPS) is 20.3. The molecule has 8 heteroatoms. The lowest BCUT2D eigenvalue weighted by atomic mass is 9.98. The highest BCUT2D eigenvalue weighted by Gasteiger charge is 2.35. The van der Waals surface area contributed by atoms with E-state index in [1.54, 1.807) is 6.20 Å². The van der Waals surface area contributed by atoms with Crippen LogP contribution in [0, 0.1) is 17.7 Å².